The summed E-state index contributed by atoms with van der Waals surface area (Å²) in [7, 11) is 0. The van der Waals surface area contributed by atoms with Crippen molar-refractivity contribution in [3.05, 3.63) is 0 Å². The van der Waals surface area contributed by atoms with Gasteiger partial charge in [0.25, 0.3) is 0 Å². The molecule has 7 nitrogen and oxygen atoms in total. The molecule has 31 heavy (non-hydrogen) atoms. The van der Waals surface area contributed by atoms with Gasteiger partial charge in [0, 0.05) is 6.61 Å². The van der Waals surface area contributed by atoms with E-state index < -0.39 is 36.9 Å². The molecule has 7 heteroatoms. The molecule has 0 fully saturated rings. The molecule has 6 N–H and O–H groups in total. The maximum atomic E-state index is 11.7. The monoisotopic (exact) mass is 447 g/mol. The Hall–Kier alpha value is -0.570. The van der Waals surface area contributed by atoms with Crippen molar-refractivity contribution in [2.24, 2.45) is 5.73 Å². The van der Waals surface area contributed by atoms with Crippen LogP contribution >= 0.6 is 0 Å². The molecule has 0 heterocycles. The average molecular weight is 448 g/mol. The molecule has 0 aliphatic heterocycles. The summed E-state index contributed by atoms with van der Waals surface area (Å²) in [5.41, 5.74) is 5.62. The van der Waals surface area contributed by atoms with E-state index >= 15 is 0 Å². The number of nitrogens with two attached hydrogens (primary N) is 1. The minimum Gasteiger partial charge on any atom is -0.394 e. The van der Waals surface area contributed by atoms with Gasteiger partial charge in [0.15, 0.2) is 11.9 Å². The second-order valence-electron chi connectivity index (χ2n) is 8.68. The van der Waals surface area contributed by atoms with E-state index in [0.717, 1.165) is 19.3 Å². The molecule has 0 aliphatic carbocycles. The molecule has 0 saturated carbocycles. The molecule has 4 atom stereocenters. The number of aliphatic hydroxyl groups excluding tert-OH is 4. The van der Waals surface area contributed by atoms with E-state index in [-0.39, 0.29) is 0 Å². The molecule has 0 amide bonds. The fourth-order valence-electron chi connectivity index (χ4n) is 3.59. The molecule has 0 bridgehead atoms. The van der Waals surface area contributed by atoms with Gasteiger partial charge in [-0.2, -0.15) is 0 Å². The minimum absolute atomic E-state index is 0.322. The molecule has 0 aromatic carbocycles. The highest BCUT2D eigenvalue weighted by Crippen LogP contribution is 2.14. The largest absolute Gasteiger partial charge is 0.394 e. The lowest BCUT2D eigenvalue weighted by Gasteiger charge is -2.22. The van der Waals surface area contributed by atoms with Crippen molar-refractivity contribution in [1.82, 2.24) is 0 Å². The molecule has 0 aromatic heterocycles. The molecule has 0 aliphatic rings. The van der Waals surface area contributed by atoms with Gasteiger partial charge < -0.3 is 30.9 Å². The summed E-state index contributed by atoms with van der Waals surface area (Å²) in [6, 6.07) is 0. The Kier molecular flexibility index (Phi) is 20.9. The Balaban J connectivity index is 3.45. The number of ketones is 1. The van der Waals surface area contributed by atoms with Gasteiger partial charge >= 0.3 is 0 Å². The number of carbonyl (C=O) groups is 1. The number of hydrogen-bond donors (Lipinski definition) is 5. The van der Waals surface area contributed by atoms with E-state index in [1.165, 1.54) is 83.5 Å². The second-order valence-corrected chi connectivity index (χ2v) is 8.68. The third-order valence-electron chi connectivity index (χ3n) is 5.75. The standard InChI is InChI=1S/C24H49NO6/c1-2-3-4-5-6-7-8-9-10-11-12-13-14-15-16-17-18-31-24(25)23(30)22(29)21(28)20(27)19-26/h20-21,23-24,26-28,30H,2-19,25H2,1H3/t20-,21-,23-,24?/m1/s1. The van der Waals surface area contributed by atoms with Crippen LogP contribution in [0.2, 0.25) is 0 Å². The maximum Gasteiger partial charge on any atom is 0.196 e. The van der Waals surface area contributed by atoms with Crippen molar-refractivity contribution in [3.63, 3.8) is 0 Å². The number of unbranched alkanes of at least 4 members (excludes halogenated alkanes) is 15. The highest BCUT2D eigenvalue weighted by molar-refractivity contribution is 5.87. The van der Waals surface area contributed by atoms with Gasteiger partial charge in [0.05, 0.1) is 6.61 Å². The van der Waals surface area contributed by atoms with Gasteiger partial charge in [-0.25, -0.2) is 0 Å². The molecule has 0 saturated heterocycles. The van der Waals surface area contributed by atoms with Gasteiger partial charge in [0.1, 0.15) is 18.4 Å². The normalized spacial score (nSPS) is 15.5. The average Bonchev–Trinajstić information content (AvgIpc) is 2.78. The Bertz CT molecular complexity index is 410. The first-order valence-electron chi connectivity index (χ1n) is 12.5. The first kappa shape index (κ1) is 30.4. The van der Waals surface area contributed by atoms with Crippen molar-refractivity contribution >= 4 is 5.78 Å². The van der Waals surface area contributed by atoms with E-state index in [1.54, 1.807) is 0 Å². The Morgan fingerprint density at radius 2 is 1.10 bits per heavy atom. The SMILES string of the molecule is CCCCCCCCCCCCCCCCCCOC(N)[C@H](O)C(=O)[C@H](O)[C@H](O)CO. The van der Waals surface area contributed by atoms with Crippen molar-refractivity contribution in [2.75, 3.05) is 13.2 Å². The zero-order valence-corrected chi connectivity index (χ0v) is 19.7. The first-order valence-corrected chi connectivity index (χ1v) is 12.5. The highest BCUT2D eigenvalue weighted by Gasteiger charge is 2.33. The molecular formula is C24H49NO6. The lowest BCUT2D eigenvalue weighted by Crippen LogP contribution is -2.50. The molecule has 0 radical (unpaired) electrons. The van der Waals surface area contributed by atoms with Crippen LogP contribution in [-0.4, -0.2) is 64.0 Å². The van der Waals surface area contributed by atoms with E-state index in [4.69, 9.17) is 15.6 Å². The number of ether oxygens (including phenoxy) is 1. The summed E-state index contributed by atoms with van der Waals surface area (Å²) in [5.74, 6) is -1.05. The summed E-state index contributed by atoms with van der Waals surface area (Å²) < 4.78 is 5.26. The Labute approximate surface area is 189 Å². The van der Waals surface area contributed by atoms with Gasteiger partial charge in [-0.05, 0) is 6.42 Å². The molecule has 1 unspecified atom stereocenters. The van der Waals surface area contributed by atoms with Crippen LogP contribution in [0.15, 0.2) is 0 Å². The van der Waals surface area contributed by atoms with E-state index in [2.05, 4.69) is 6.92 Å². The smallest absolute Gasteiger partial charge is 0.196 e. The topological polar surface area (TPSA) is 133 Å². The third-order valence-corrected chi connectivity index (χ3v) is 5.75. The summed E-state index contributed by atoms with van der Waals surface area (Å²) >= 11 is 0. The van der Waals surface area contributed by atoms with Crippen LogP contribution in [-0.2, 0) is 9.53 Å². The molecule has 186 valence electrons. The molecule has 0 aromatic rings. The van der Waals surface area contributed by atoms with Crippen LogP contribution in [0.4, 0.5) is 0 Å². The number of aliphatic hydroxyl groups is 4. The van der Waals surface area contributed by atoms with Gasteiger partial charge in [0.2, 0.25) is 0 Å². The van der Waals surface area contributed by atoms with E-state index in [9.17, 15) is 20.1 Å². The Morgan fingerprint density at radius 3 is 1.48 bits per heavy atom. The number of Topliss-reactive ketones (excluding diaryl/α,β-unsaturated/α-hetero) is 1. The summed E-state index contributed by atoms with van der Waals surface area (Å²) in [5, 5.41) is 37.3. The van der Waals surface area contributed by atoms with Gasteiger partial charge in [-0.1, -0.05) is 103 Å². The predicted molar refractivity (Wildman–Crippen MR) is 124 cm³/mol. The number of carbonyl (C=O) groups excluding carboxylic acids is 1. The van der Waals surface area contributed by atoms with Crippen molar-refractivity contribution in [2.45, 2.75) is 134 Å². The van der Waals surface area contributed by atoms with Crippen molar-refractivity contribution in [3.8, 4) is 0 Å². The van der Waals surface area contributed by atoms with Crippen LogP contribution in [0.1, 0.15) is 110 Å². The van der Waals surface area contributed by atoms with Crippen molar-refractivity contribution < 1.29 is 30.0 Å². The van der Waals surface area contributed by atoms with Crippen LogP contribution in [0.25, 0.3) is 0 Å². The van der Waals surface area contributed by atoms with Crippen molar-refractivity contribution in [1.29, 1.82) is 0 Å². The number of hydrogen-bond acceptors (Lipinski definition) is 7. The molecule has 0 spiro atoms. The van der Waals surface area contributed by atoms with Gasteiger partial charge in [-0.15, -0.1) is 0 Å². The fraction of sp³-hybridized carbons (Fsp3) is 0.958. The first-order chi connectivity index (χ1) is 15.0. The summed E-state index contributed by atoms with van der Waals surface area (Å²) in [6.45, 7) is 1.80. The summed E-state index contributed by atoms with van der Waals surface area (Å²) in [4.78, 5) is 11.7. The maximum absolute atomic E-state index is 11.7. The van der Waals surface area contributed by atoms with Crippen LogP contribution in [0.5, 0.6) is 0 Å². The van der Waals surface area contributed by atoms with Crippen LogP contribution in [0.3, 0.4) is 0 Å². The quantitative estimate of drug-likeness (QED) is 0.120. The van der Waals surface area contributed by atoms with Gasteiger partial charge in [-0.3, -0.25) is 4.79 Å². The highest BCUT2D eigenvalue weighted by atomic mass is 16.5. The van der Waals surface area contributed by atoms with E-state index in [0.29, 0.717) is 6.61 Å². The lowest BCUT2D eigenvalue weighted by atomic mass is 10.0. The second kappa shape index (κ2) is 21.3. The Morgan fingerprint density at radius 1 is 0.710 bits per heavy atom. The fourth-order valence-corrected chi connectivity index (χ4v) is 3.59. The molecular weight excluding hydrogens is 398 g/mol. The third kappa shape index (κ3) is 16.7. The van der Waals surface area contributed by atoms with Crippen LogP contribution in [0, 0.1) is 0 Å². The summed E-state index contributed by atoms with van der Waals surface area (Å²) in [6.07, 6.45) is 13.9. The molecule has 0 rings (SSSR count). The lowest BCUT2D eigenvalue weighted by molar-refractivity contribution is -0.151. The zero-order chi connectivity index (χ0) is 23.3. The number of rotatable bonds is 23. The predicted octanol–water partition coefficient (Wildman–Crippen LogP) is 3.19. The minimum atomic E-state index is -1.88. The van der Waals surface area contributed by atoms with E-state index in [1.807, 2.05) is 0 Å². The van der Waals surface area contributed by atoms with Crippen LogP contribution < -0.4 is 5.73 Å². The zero-order valence-electron chi connectivity index (χ0n) is 19.7.